The molecule has 26 heteroatoms. The van der Waals surface area contributed by atoms with Crippen LogP contribution in [0.5, 0.6) is 28.7 Å². The van der Waals surface area contributed by atoms with Crippen LogP contribution in [0, 0.1) is 65.6 Å². The Morgan fingerprint density at radius 1 is 0.550 bits per heavy atom. The molecule has 9 aromatic rings. The Morgan fingerprint density at radius 2 is 0.887 bits per heavy atom. The summed E-state index contributed by atoms with van der Waals surface area (Å²) in [5, 5.41) is 28.6. The quantitative estimate of drug-likeness (QED) is 0.0432. The molecule has 0 aliphatic carbocycles. The summed E-state index contributed by atoms with van der Waals surface area (Å²) >= 11 is 0. The van der Waals surface area contributed by atoms with E-state index < -0.39 is 80.9 Å². The molecule has 6 aromatic carbocycles. The SMILES string of the molecule is CC(=O)c1c(F)cccc1F.CC(=O)c1c(F)cccc1Oc1cnc2c(F)c(F)ccc2c1.CC(C)(O)c1c(F)cccc1Oc1cnc2c(F)c(F)ccc2c1.O=CO[O-].Oc1cnc2c(F)c(F)ccc2c1.[CH3-].[Cl-].[H-].[K+].[K+].[Mg+2]. The third-order valence-electron chi connectivity index (χ3n) is 9.89. The Kier molecular flexibility index (Phi) is 32.6. The molecule has 0 unspecified atom stereocenters. The van der Waals surface area contributed by atoms with Crippen LogP contribution < -0.4 is 130 Å². The van der Waals surface area contributed by atoms with Crippen LogP contribution in [-0.4, -0.2) is 66.3 Å². The first-order chi connectivity index (χ1) is 35.5. The molecule has 0 amide bonds. The summed E-state index contributed by atoms with van der Waals surface area (Å²) in [6.45, 7) is 5.05. The Labute approximate surface area is 558 Å². The molecule has 9 rings (SSSR count). The minimum Gasteiger partial charge on any atom is -1.00 e. The maximum absolute atomic E-state index is 14.1. The number of benzene rings is 6. The van der Waals surface area contributed by atoms with E-state index in [2.05, 4.69) is 19.8 Å². The van der Waals surface area contributed by atoms with Crippen molar-refractivity contribution in [3.63, 3.8) is 0 Å². The zero-order chi connectivity index (χ0) is 55.3. The molecule has 0 bridgehead atoms. The van der Waals surface area contributed by atoms with Crippen molar-refractivity contribution in [3.05, 3.63) is 210 Å². The fourth-order valence-electron chi connectivity index (χ4n) is 6.69. The van der Waals surface area contributed by atoms with Crippen molar-refractivity contribution in [1.29, 1.82) is 0 Å². The normalized spacial score (nSPS) is 9.95. The van der Waals surface area contributed by atoms with Crippen molar-refractivity contribution in [2.75, 3.05) is 0 Å². The number of aromatic nitrogens is 3. The monoisotopic (exact) mass is 1200 g/mol. The number of hydrogen-bond donors (Lipinski definition) is 2. The molecule has 0 fully saturated rings. The fourth-order valence-corrected chi connectivity index (χ4v) is 6.69. The Bertz CT molecular complexity index is 3580. The molecule has 0 saturated heterocycles. The topological polar surface area (TPSA) is 181 Å². The van der Waals surface area contributed by atoms with Crippen molar-refractivity contribution in [2.24, 2.45) is 0 Å². The number of ether oxygens (including phenoxy) is 2. The molecule has 12 nitrogen and oxygen atoms in total. The van der Waals surface area contributed by atoms with Gasteiger partial charge in [0.1, 0.15) is 68.6 Å². The second-order valence-electron chi connectivity index (χ2n) is 15.7. The fraction of sp³-hybridized carbons (Fsp3) is 0.0926. The number of aromatic hydroxyl groups is 1. The van der Waals surface area contributed by atoms with Gasteiger partial charge < -0.3 is 51.1 Å². The van der Waals surface area contributed by atoms with Crippen molar-refractivity contribution in [1.82, 2.24) is 15.0 Å². The number of carbonyl (C=O) groups is 3. The number of Topliss-reactive ketones (excluding diaryl/α,β-unsaturated/α-hetero) is 2. The average Bonchev–Trinajstić information content (AvgIpc) is 3.35. The number of hydrogen-bond acceptors (Lipinski definition) is 12. The molecular weight excluding hydrogens is 1160 g/mol. The first kappa shape index (κ1) is 75.3. The maximum Gasteiger partial charge on any atom is 2.00 e. The number of aliphatic hydroxyl groups is 1. The van der Waals surface area contributed by atoms with Crippen LogP contribution in [0.3, 0.4) is 0 Å². The van der Waals surface area contributed by atoms with Gasteiger partial charge in [-0.05, 0) is 119 Å². The summed E-state index contributed by atoms with van der Waals surface area (Å²) in [7, 11) is 0. The van der Waals surface area contributed by atoms with Gasteiger partial charge in [-0.25, -0.2) is 58.9 Å². The molecule has 0 aliphatic heterocycles. The first-order valence-corrected chi connectivity index (χ1v) is 21.2. The molecule has 0 atom stereocenters. The largest absolute Gasteiger partial charge is 2.00 e. The van der Waals surface area contributed by atoms with Gasteiger partial charge in [0.15, 0.2) is 46.5 Å². The van der Waals surface area contributed by atoms with E-state index in [4.69, 9.17) is 24.6 Å². The van der Waals surface area contributed by atoms with Gasteiger partial charge >= 0.3 is 126 Å². The van der Waals surface area contributed by atoms with Gasteiger partial charge in [0.05, 0.1) is 40.9 Å². The molecule has 0 saturated carbocycles. The predicted octanol–water partition coefficient (Wildman–Crippen LogP) is 3.33. The van der Waals surface area contributed by atoms with E-state index >= 15 is 0 Å². The van der Waals surface area contributed by atoms with Crippen LogP contribution >= 0.6 is 0 Å². The van der Waals surface area contributed by atoms with Crippen molar-refractivity contribution in [2.45, 2.75) is 33.3 Å². The molecule has 2 N–H and O–H groups in total. The number of carbonyl (C=O) groups excluding carboxylic acids is 3. The van der Waals surface area contributed by atoms with Crippen LogP contribution in [0.4, 0.5) is 43.9 Å². The Balaban J connectivity index is 0. The van der Waals surface area contributed by atoms with E-state index in [1.54, 1.807) is 0 Å². The third kappa shape index (κ3) is 20.0. The molecule has 3 aromatic heterocycles. The Morgan fingerprint density at radius 3 is 1.26 bits per heavy atom. The van der Waals surface area contributed by atoms with Gasteiger partial charge in [0.25, 0.3) is 6.47 Å². The van der Waals surface area contributed by atoms with Gasteiger partial charge in [0, 0.05) is 16.2 Å². The van der Waals surface area contributed by atoms with Gasteiger partial charge in [0.2, 0.25) is 0 Å². The molecule has 3 heterocycles. The van der Waals surface area contributed by atoms with E-state index in [9.17, 15) is 58.6 Å². The van der Waals surface area contributed by atoms with Crippen molar-refractivity contribution in [3.8, 4) is 28.7 Å². The van der Waals surface area contributed by atoms with Crippen LogP contribution in [0.25, 0.3) is 32.7 Å². The molecule has 406 valence electrons. The van der Waals surface area contributed by atoms with E-state index in [1.807, 2.05) is 0 Å². The van der Waals surface area contributed by atoms with Gasteiger partial charge in [-0.2, -0.15) is 0 Å². The number of nitrogens with zero attached hydrogens (tertiary/aromatic N) is 3. The summed E-state index contributed by atoms with van der Waals surface area (Å²) < 4.78 is 144. The van der Waals surface area contributed by atoms with Gasteiger partial charge in [-0.3, -0.25) is 14.4 Å². The van der Waals surface area contributed by atoms with Crippen LogP contribution in [0.1, 0.15) is 55.4 Å². The summed E-state index contributed by atoms with van der Waals surface area (Å²) in [6, 6.07) is 22.8. The predicted molar refractivity (Wildman–Crippen MR) is 262 cm³/mol. The van der Waals surface area contributed by atoms with E-state index in [0.29, 0.717) is 16.2 Å². The van der Waals surface area contributed by atoms with Crippen LogP contribution in [-0.2, 0) is 15.3 Å². The molecule has 0 radical (unpaired) electrons. The third-order valence-corrected chi connectivity index (χ3v) is 9.89. The number of halogens is 11. The van der Waals surface area contributed by atoms with Crippen molar-refractivity contribution < 1.29 is 205 Å². The summed E-state index contributed by atoms with van der Waals surface area (Å²) in [4.78, 5) is 44.6. The summed E-state index contributed by atoms with van der Waals surface area (Å²) in [5.74, 6) is -9.54. The summed E-state index contributed by atoms with van der Waals surface area (Å²) in [5.41, 5.74) is -2.44. The molecular formula is C54H40ClF10K2MgN3O9. The smallest absolute Gasteiger partial charge is 1.00 e. The molecule has 0 aliphatic rings. The second-order valence-corrected chi connectivity index (χ2v) is 15.7. The zero-order valence-corrected chi connectivity index (χ0v) is 51.6. The van der Waals surface area contributed by atoms with E-state index in [-0.39, 0.29) is 210 Å². The Hall–Kier alpha value is -4.69. The van der Waals surface area contributed by atoms with Gasteiger partial charge in [-0.1, -0.05) is 18.2 Å². The minimum absolute atomic E-state index is 0. The number of ketones is 2. The number of pyridine rings is 3. The number of fused-ring (bicyclic) bond motifs is 3. The zero-order valence-electron chi connectivity index (χ0n) is 44.2. The average molecular weight is 1200 g/mol. The summed E-state index contributed by atoms with van der Waals surface area (Å²) in [6.07, 6.45) is 3.47. The molecule has 0 spiro atoms. The first-order valence-electron chi connectivity index (χ1n) is 21.2. The van der Waals surface area contributed by atoms with Crippen LogP contribution in [0.15, 0.2) is 128 Å². The minimum atomic E-state index is -1.46. The standard InChI is InChI=1S/C18H14F3NO2.C17H10F3NO2.C9H5F2NO.C8H6F2O.CH2O3.CH3.ClH.2K.Mg.H/c1-18(2,23)15-12(19)4-3-5-14(15)24-11-8-10-6-7-13(20)16(21)17(10)22-9-11;1-9(22)15-12(18)3-2-4-14(15)23-11-7-10-5-6-13(19)16(20)17(10)21-8-11;10-7-2-1-5-3-6(13)4-12-9(5)8(7)11;1-5(11)8-6(9)3-2-4-7(8)10;2-1-4-3;;;;;;/h3-9,23H,1-2H3;2-8H,1H3;1-4,13H;2-4H,1H3;1,3H;1H3;1H;;;;/q;;;;;-1;;2*+1;+2;-1/p-2. The van der Waals surface area contributed by atoms with E-state index in [0.717, 1.165) is 49.5 Å². The maximum atomic E-state index is 14.1. The number of rotatable bonds is 8. The van der Waals surface area contributed by atoms with Gasteiger partial charge in [-0.15, -0.1) is 0 Å². The van der Waals surface area contributed by atoms with Crippen LogP contribution in [0.2, 0.25) is 0 Å². The van der Waals surface area contributed by atoms with Crippen molar-refractivity contribution >= 4 is 73.8 Å². The second kappa shape index (κ2) is 34.7. The van der Waals surface area contributed by atoms with E-state index in [1.165, 1.54) is 106 Å². The molecule has 80 heavy (non-hydrogen) atoms.